The highest BCUT2D eigenvalue weighted by molar-refractivity contribution is 7.13. The number of furan rings is 1. The summed E-state index contributed by atoms with van der Waals surface area (Å²) in [5, 5.41) is 5.55. The molecule has 26 heavy (non-hydrogen) atoms. The molecule has 0 saturated carbocycles. The van der Waals surface area contributed by atoms with Gasteiger partial charge in [-0.25, -0.2) is 15.0 Å². The maximum Gasteiger partial charge on any atom is 0.239 e. The first-order valence-electron chi connectivity index (χ1n) is 8.55. The number of rotatable bonds is 5. The molecule has 1 aliphatic heterocycles. The summed E-state index contributed by atoms with van der Waals surface area (Å²) in [6.07, 6.45) is 4.03. The molecule has 0 aromatic carbocycles. The van der Waals surface area contributed by atoms with Crippen molar-refractivity contribution in [2.24, 2.45) is 0 Å². The van der Waals surface area contributed by atoms with Crippen LogP contribution < -0.4 is 5.32 Å². The monoisotopic (exact) mass is 369 g/mol. The van der Waals surface area contributed by atoms with Gasteiger partial charge in [-0.1, -0.05) is 0 Å². The van der Waals surface area contributed by atoms with Crippen molar-refractivity contribution < 1.29 is 9.21 Å². The SMILES string of the molecule is Cc1ccc(-c2nc(NC(=O)CN3CCCC3)cc(-c3nccs3)n2)o1. The predicted molar refractivity (Wildman–Crippen MR) is 99.9 cm³/mol. The Balaban J connectivity index is 1.62. The summed E-state index contributed by atoms with van der Waals surface area (Å²) in [5.41, 5.74) is 0.663. The Bertz CT molecular complexity index is 900. The van der Waals surface area contributed by atoms with Gasteiger partial charge in [-0.3, -0.25) is 9.69 Å². The van der Waals surface area contributed by atoms with Gasteiger partial charge < -0.3 is 9.73 Å². The molecule has 1 saturated heterocycles. The molecule has 4 rings (SSSR count). The van der Waals surface area contributed by atoms with Crippen LogP contribution >= 0.6 is 11.3 Å². The normalized spacial score (nSPS) is 14.7. The topological polar surface area (TPSA) is 84.2 Å². The first kappa shape index (κ1) is 16.9. The molecule has 0 radical (unpaired) electrons. The van der Waals surface area contributed by atoms with Crippen molar-refractivity contribution in [3.63, 3.8) is 0 Å². The fourth-order valence-corrected chi connectivity index (χ4v) is 3.56. The number of amides is 1. The van der Waals surface area contributed by atoms with Crippen LogP contribution in [0.4, 0.5) is 5.82 Å². The number of nitrogens with zero attached hydrogens (tertiary/aromatic N) is 4. The van der Waals surface area contributed by atoms with Gasteiger partial charge in [-0.2, -0.15) is 0 Å². The zero-order valence-electron chi connectivity index (χ0n) is 14.4. The van der Waals surface area contributed by atoms with Crippen LogP contribution in [-0.4, -0.2) is 45.4 Å². The molecule has 1 aliphatic rings. The summed E-state index contributed by atoms with van der Waals surface area (Å²) in [5.74, 6) is 2.16. The molecule has 4 heterocycles. The third-order valence-electron chi connectivity index (χ3n) is 4.17. The van der Waals surface area contributed by atoms with Crippen molar-refractivity contribution in [2.75, 3.05) is 25.0 Å². The molecule has 134 valence electrons. The number of carbonyl (C=O) groups excluding carboxylic acids is 1. The minimum atomic E-state index is -0.0720. The Labute approximate surface area is 155 Å². The van der Waals surface area contributed by atoms with Gasteiger partial charge in [0.25, 0.3) is 0 Å². The first-order chi connectivity index (χ1) is 12.7. The van der Waals surface area contributed by atoms with Crippen molar-refractivity contribution in [2.45, 2.75) is 19.8 Å². The average molecular weight is 369 g/mol. The van der Waals surface area contributed by atoms with Crippen molar-refractivity contribution in [3.8, 4) is 22.3 Å². The molecule has 3 aromatic heterocycles. The van der Waals surface area contributed by atoms with Gasteiger partial charge in [-0.15, -0.1) is 11.3 Å². The molecule has 3 aromatic rings. The van der Waals surface area contributed by atoms with E-state index in [2.05, 4.69) is 25.2 Å². The highest BCUT2D eigenvalue weighted by Gasteiger charge is 2.17. The van der Waals surface area contributed by atoms with E-state index >= 15 is 0 Å². The number of anilines is 1. The van der Waals surface area contributed by atoms with Crippen LogP contribution in [0.3, 0.4) is 0 Å². The molecule has 8 heteroatoms. The summed E-state index contributed by atoms with van der Waals surface area (Å²) < 4.78 is 5.65. The van der Waals surface area contributed by atoms with Crippen LogP contribution in [0.15, 0.2) is 34.2 Å². The van der Waals surface area contributed by atoms with E-state index in [-0.39, 0.29) is 5.91 Å². The third-order valence-corrected chi connectivity index (χ3v) is 4.97. The van der Waals surface area contributed by atoms with E-state index in [0.29, 0.717) is 29.6 Å². The van der Waals surface area contributed by atoms with Gasteiger partial charge in [-0.05, 0) is 45.0 Å². The van der Waals surface area contributed by atoms with Crippen LogP contribution in [0.2, 0.25) is 0 Å². The molecule has 7 nitrogen and oxygen atoms in total. The van der Waals surface area contributed by atoms with Crippen LogP contribution in [0, 0.1) is 6.92 Å². The third kappa shape index (κ3) is 3.81. The largest absolute Gasteiger partial charge is 0.458 e. The second-order valence-electron chi connectivity index (χ2n) is 6.24. The van der Waals surface area contributed by atoms with E-state index in [1.54, 1.807) is 12.3 Å². The Morgan fingerprint density at radius 1 is 1.31 bits per heavy atom. The lowest BCUT2D eigenvalue weighted by molar-refractivity contribution is -0.117. The highest BCUT2D eigenvalue weighted by atomic mass is 32.1. The fourth-order valence-electron chi connectivity index (χ4n) is 2.96. The standard InChI is InChI=1S/C18H19N5O2S/c1-12-4-5-14(25-12)17-20-13(18-19-6-9-26-18)10-15(22-17)21-16(24)11-23-7-2-3-8-23/h4-6,9-10H,2-3,7-8,11H2,1H3,(H,20,21,22,24). The van der Waals surface area contributed by atoms with Gasteiger partial charge in [0.15, 0.2) is 11.6 Å². The summed E-state index contributed by atoms with van der Waals surface area (Å²) in [6, 6.07) is 5.44. The van der Waals surface area contributed by atoms with Gasteiger partial charge in [0.05, 0.1) is 6.54 Å². The van der Waals surface area contributed by atoms with Crippen LogP contribution in [0.5, 0.6) is 0 Å². The second-order valence-corrected chi connectivity index (χ2v) is 7.14. The molecule has 1 N–H and O–H groups in total. The fraction of sp³-hybridized carbons (Fsp3) is 0.333. The molecular formula is C18H19N5O2S. The van der Waals surface area contributed by atoms with Crippen molar-refractivity contribution >= 4 is 23.1 Å². The quantitative estimate of drug-likeness (QED) is 0.743. The number of carbonyl (C=O) groups is 1. The van der Waals surface area contributed by atoms with Crippen molar-refractivity contribution in [3.05, 3.63) is 35.5 Å². The number of thiazole rings is 1. The zero-order chi connectivity index (χ0) is 17.9. The van der Waals surface area contributed by atoms with E-state index in [1.165, 1.54) is 11.3 Å². The maximum absolute atomic E-state index is 12.4. The smallest absolute Gasteiger partial charge is 0.239 e. The van der Waals surface area contributed by atoms with E-state index in [0.717, 1.165) is 36.7 Å². The molecule has 0 bridgehead atoms. The van der Waals surface area contributed by atoms with Gasteiger partial charge in [0.2, 0.25) is 5.91 Å². The van der Waals surface area contributed by atoms with E-state index in [4.69, 9.17) is 4.42 Å². The van der Waals surface area contributed by atoms with Gasteiger partial charge in [0.1, 0.15) is 22.3 Å². The molecule has 0 unspecified atom stereocenters. The Kier molecular flexibility index (Phi) is 4.77. The maximum atomic E-state index is 12.4. The lowest BCUT2D eigenvalue weighted by atomic mass is 10.3. The van der Waals surface area contributed by atoms with Crippen LogP contribution in [0.25, 0.3) is 22.3 Å². The number of nitrogens with one attached hydrogen (secondary N) is 1. The summed E-state index contributed by atoms with van der Waals surface area (Å²) in [6.45, 7) is 4.19. The average Bonchev–Trinajstić information content (AvgIpc) is 3.37. The number of hydrogen-bond acceptors (Lipinski definition) is 7. The number of likely N-dealkylation sites (tertiary alicyclic amines) is 1. The van der Waals surface area contributed by atoms with E-state index < -0.39 is 0 Å². The molecule has 0 spiro atoms. The number of hydrogen-bond donors (Lipinski definition) is 1. The predicted octanol–water partition coefficient (Wildman–Crippen LogP) is 3.20. The second kappa shape index (κ2) is 7.35. The summed E-state index contributed by atoms with van der Waals surface area (Å²) in [7, 11) is 0. The molecule has 1 fully saturated rings. The Morgan fingerprint density at radius 2 is 2.15 bits per heavy atom. The zero-order valence-corrected chi connectivity index (χ0v) is 15.3. The molecular weight excluding hydrogens is 350 g/mol. The summed E-state index contributed by atoms with van der Waals surface area (Å²) >= 11 is 1.49. The lowest BCUT2D eigenvalue weighted by Crippen LogP contribution is -2.31. The van der Waals surface area contributed by atoms with E-state index in [9.17, 15) is 4.79 Å². The Morgan fingerprint density at radius 3 is 2.85 bits per heavy atom. The van der Waals surface area contributed by atoms with Crippen molar-refractivity contribution in [1.29, 1.82) is 0 Å². The minimum Gasteiger partial charge on any atom is -0.458 e. The molecule has 1 amide bonds. The van der Waals surface area contributed by atoms with E-state index in [1.807, 2.05) is 24.4 Å². The minimum absolute atomic E-state index is 0.0720. The van der Waals surface area contributed by atoms with Crippen molar-refractivity contribution in [1.82, 2.24) is 19.9 Å². The van der Waals surface area contributed by atoms with Crippen LogP contribution in [-0.2, 0) is 4.79 Å². The lowest BCUT2D eigenvalue weighted by Gasteiger charge is -2.14. The van der Waals surface area contributed by atoms with Crippen LogP contribution in [0.1, 0.15) is 18.6 Å². The molecule has 0 atom stereocenters. The summed E-state index contributed by atoms with van der Waals surface area (Å²) in [4.78, 5) is 27.8. The number of aryl methyl sites for hydroxylation is 1. The number of aromatic nitrogens is 3. The first-order valence-corrected chi connectivity index (χ1v) is 9.43. The Hall–Kier alpha value is -2.58. The highest BCUT2D eigenvalue weighted by Crippen LogP contribution is 2.26. The van der Waals surface area contributed by atoms with Gasteiger partial charge in [0, 0.05) is 17.6 Å². The van der Waals surface area contributed by atoms with Gasteiger partial charge >= 0.3 is 0 Å². The molecule has 0 aliphatic carbocycles.